The van der Waals surface area contributed by atoms with Crippen LogP contribution < -0.4 is 15.5 Å². The Morgan fingerprint density at radius 3 is 2.78 bits per heavy atom. The first kappa shape index (κ1) is 29.2. The molecule has 9 nitrogen and oxygen atoms in total. The van der Waals surface area contributed by atoms with E-state index in [9.17, 15) is 9.59 Å². The van der Waals surface area contributed by atoms with E-state index in [-0.39, 0.29) is 17.9 Å². The van der Waals surface area contributed by atoms with Gasteiger partial charge in [-0.15, -0.1) is 0 Å². The molecule has 5 rings (SSSR count). The summed E-state index contributed by atoms with van der Waals surface area (Å²) < 4.78 is 1.74. The molecule has 1 aromatic heterocycles. The molecule has 1 aromatic carbocycles. The lowest BCUT2D eigenvalue weighted by atomic mass is 9.92. The van der Waals surface area contributed by atoms with Crippen LogP contribution in [0, 0.1) is 0 Å². The molecule has 2 N–H and O–H groups in total. The van der Waals surface area contributed by atoms with Gasteiger partial charge in [0.1, 0.15) is 17.7 Å². The van der Waals surface area contributed by atoms with Gasteiger partial charge < -0.3 is 20.4 Å². The van der Waals surface area contributed by atoms with Crippen molar-refractivity contribution in [2.24, 2.45) is 0 Å². The topological polar surface area (TPSA) is 91.7 Å². The van der Waals surface area contributed by atoms with Gasteiger partial charge in [-0.05, 0) is 96.3 Å². The number of allylic oxidation sites excluding steroid dienone is 2. The van der Waals surface area contributed by atoms with Crippen LogP contribution in [0.5, 0.6) is 0 Å². The van der Waals surface area contributed by atoms with Gasteiger partial charge in [0.2, 0.25) is 5.91 Å². The van der Waals surface area contributed by atoms with Gasteiger partial charge in [0, 0.05) is 36.9 Å². The zero-order valence-electron chi connectivity index (χ0n) is 24.3. The van der Waals surface area contributed by atoms with Gasteiger partial charge in [0.05, 0.1) is 10.5 Å². The number of para-hydroxylation sites is 1. The molecule has 2 atom stereocenters. The molecule has 0 radical (unpaired) electrons. The number of imidazole rings is 1. The summed E-state index contributed by atoms with van der Waals surface area (Å²) >= 11 is 6.65. The predicted molar refractivity (Wildman–Crippen MR) is 161 cm³/mol. The van der Waals surface area contributed by atoms with Crippen molar-refractivity contribution in [3.63, 3.8) is 0 Å². The number of dihydropyridines is 1. The minimum atomic E-state index is -0.834. The van der Waals surface area contributed by atoms with E-state index in [1.807, 2.05) is 56.0 Å². The summed E-state index contributed by atoms with van der Waals surface area (Å²) in [6.07, 6.45) is 12.3. The van der Waals surface area contributed by atoms with Crippen molar-refractivity contribution in [3.05, 3.63) is 64.6 Å². The summed E-state index contributed by atoms with van der Waals surface area (Å²) in [7, 11) is 0. The van der Waals surface area contributed by atoms with Crippen LogP contribution in [0.2, 0.25) is 5.02 Å². The standard InChI is InChI=1S/C31H41ClN6O3/c1-4-10-27(39)37-16-6-5-11-24(21-37)33-29(40)23-19-22(2)35-31(3,20-23)30-34-26-13-9-12-25(32)28(26)38(30)41-18-17-36-14-7-8-15-36/h4,9-10,12-13,19-20,24,35H,5-8,11,14-18,21H2,1-3H3,(H,33,40)/b10-4+/t24?,31-/m1/s1. The van der Waals surface area contributed by atoms with E-state index in [4.69, 9.17) is 21.4 Å². The molecule has 3 aliphatic heterocycles. The molecule has 2 amide bonds. The van der Waals surface area contributed by atoms with E-state index in [2.05, 4.69) is 15.5 Å². The number of nitrogens with zero attached hydrogens (tertiary/aromatic N) is 4. The molecule has 4 heterocycles. The average molecular weight is 581 g/mol. The predicted octanol–water partition coefficient (Wildman–Crippen LogP) is 3.94. The molecule has 220 valence electrons. The summed E-state index contributed by atoms with van der Waals surface area (Å²) in [5.41, 5.74) is 1.99. The number of halogens is 1. The van der Waals surface area contributed by atoms with Crippen LogP contribution in [0.4, 0.5) is 0 Å². The molecule has 2 aromatic rings. The van der Waals surface area contributed by atoms with E-state index in [0.717, 1.165) is 50.1 Å². The number of likely N-dealkylation sites (tertiary alicyclic amines) is 2. The van der Waals surface area contributed by atoms with Crippen LogP contribution in [0.1, 0.15) is 58.7 Å². The van der Waals surface area contributed by atoms with E-state index in [1.54, 1.807) is 16.9 Å². The second kappa shape index (κ2) is 12.7. The number of hydrogen-bond donors (Lipinski definition) is 2. The lowest BCUT2D eigenvalue weighted by Gasteiger charge is -2.33. The maximum atomic E-state index is 13.6. The normalized spacial score (nSPS) is 23.7. The minimum Gasteiger partial charge on any atom is -0.411 e. The molecule has 0 aliphatic carbocycles. The first-order valence-electron chi connectivity index (χ1n) is 14.7. The summed E-state index contributed by atoms with van der Waals surface area (Å²) in [4.78, 5) is 41.7. The molecule has 10 heteroatoms. The maximum Gasteiger partial charge on any atom is 0.251 e. The molecular weight excluding hydrogens is 540 g/mol. The minimum absolute atomic E-state index is 0.0136. The zero-order valence-corrected chi connectivity index (χ0v) is 25.0. The van der Waals surface area contributed by atoms with Crippen molar-refractivity contribution in [3.8, 4) is 0 Å². The Labute approximate surface area is 247 Å². The number of hydrogen-bond acceptors (Lipinski definition) is 6. The fraction of sp³-hybridized carbons (Fsp3) is 0.516. The lowest BCUT2D eigenvalue weighted by Crippen LogP contribution is -2.47. The van der Waals surface area contributed by atoms with Crippen molar-refractivity contribution in [1.82, 2.24) is 30.1 Å². The molecule has 2 saturated heterocycles. The van der Waals surface area contributed by atoms with Crippen molar-refractivity contribution >= 4 is 34.4 Å². The molecule has 0 saturated carbocycles. The monoisotopic (exact) mass is 580 g/mol. The van der Waals surface area contributed by atoms with Gasteiger partial charge in [-0.25, -0.2) is 4.98 Å². The van der Waals surface area contributed by atoms with Crippen molar-refractivity contribution in [1.29, 1.82) is 0 Å². The summed E-state index contributed by atoms with van der Waals surface area (Å²) in [5, 5.41) is 7.28. The highest BCUT2D eigenvalue weighted by molar-refractivity contribution is 6.35. The van der Waals surface area contributed by atoms with Crippen LogP contribution in [0.25, 0.3) is 11.0 Å². The van der Waals surface area contributed by atoms with Crippen LogP contribution in [-0.2, 0) is 15.1 Å². The fourth-order valence-corrected chi connectivity index (χ4v) is 6.32. The van der Waals surface area contributed by atoms with Crippen molar-refractivity contribution in [2.45, 2.75) is 64.5 Å². The van der Waals surface area contributed by atoms with Gasteiger partial charge in [-0.3, -0.25) is 14.5 Å². The second-order valence-corrected chi connectivity index (χ2v) is 11.8. The van der Waals surface area contributed by atoms with Crippen LogP contribution in [0.15, 0.2) is 53.8 Å². The van der Waals surface area contributed by atoms with Crippen molar-refractivity contribution in [2.75, 3.05) is 39.3 Å². The summed E-state index contributed by atoms with van der Waals surface area (Å²) in [6, 6.07) is 5.52. The number of aromatic nitrogens is 2. The third-order valence-corrected chi connectivity index (χ3v) is 8.35. The number of carbonyl (C=O) groups is 2. The number of benzene rings is 1. The first-order valence-corrected chi connectivity index (χ1v) is 15.1. The molecule has 1 unspecified atom stereocenters. The smallest absolute Gasteiger partial charge is 0.251 e. The third kappa shape index (κ3) is 6.62. The third-order valence-electron chi connectivity index (χ3n) is 8.04. The molecule has 0 bridgehead atoms. The number of carbonyl (C=O) groups excluding carboxylic acids is 2. The SMILES string of the molecule is C/C=C/C(=O)N1CCCCC(NC(=O)C2=C[C@](C)(c3nc4cccc(Cl)c4n3OCCN3CCCC3)NC(C)=C2)C1. The largest absolute Gasteiger partial charge is 0.411 e. The Balaban J connectivity index is 1.40. The Morgan fingerprint density at radius 1 is 1.22 bits per heavy atom. The van der Waals surface area contributed by atoms with E-state index in [0.29, 0.717) is 41.6 Å². The average Bonchev–Trinajstić information content (AvgIpc) is 3.52. The van der Waals surface area contributed by atoms with Gasteiger partial charge >= 0.3 is 0 Å². The van der Waals surface area contributed by atoms with Crippen LogP contribution >= 0.6 is 11.6 Å². The van der Waals surface area contributed by atoms with Crippen molar-refractivity contribution < 1.29 is 14.4 Å². The zero-order chi connectivity index (χ0) is 29.0. The number of amides is 2. The van der Waals surface area contributed by atoms with Crippen LogP contribution in [0.3, 0.4) is 0 Å². The Morgan fingerprint density at radius 2 is 2.00 bits per heavy atom. The molecular formula is C31H41ClN6O3. The van der Waals surface area contributed by atoms with Gasteiger partial charge in [-0.2, -0.15) is 4.73 Å². The Kier molecular flexibility index (Phi) is 9.04. The van der Waals surface area contributed by atoms with Crippen LogP contribution in [-0.4, -0.2) is 76.7 Å². The quantitative estimate of drug-likeness (QED) is 0.460. The summed E-state index contributed by atoms with van der Waals surface area (Å²) in [5.74, 6) is 0.441. The molecule has 41 heavy (non-hydrogen) atoms. The van der Waals surface area contributed by atoms with Gasteiger partial charge in [0.25, 0.3) is 5.91 Å². The van der Waals surface area contributed by atoms with Gasteiger partial charge in [-0.1, -0.05) is 23.7 Å². The highest BCUT2D eigenvalue weighted by Crippen LogP contribution is 2.33. The molecule has 2 fully saturated rings. The fourth-order valence-electron chi connectivity index (χ4n) is 6.08. The second-order valence-electron chi connectivity index (χ2n) is 11.4. The highest BCUT2D eigenvalue weighted by atomic mass is 35.5. The Hall–Kier alpha value is -3.30. The van der Waals surface area contributed by atoms with E-state index in [1.165, 1.54) is 12.8 Å². The summed E-state index contributed by atoms with van der Waals surface area (Å²) in [6.45, 7) is 10.5. The highest BCUT2D eigenvalue weighted by Gasteiger charge is 2.36. The number of fused-ring (bicyclic) bond motifs is 1. The van der Waals surface area contributed by atoms with Gasteiger partial charge in [0.15, 0.2) is 5.82 Å². The van der Waals surface area contributed by atoms with E-state index >= 15 is 0 Å². The first-order chi connectivity index (χ1) is 19.8. The maximum absolute atomic E-state index is 13.6. The molecule has 0 spiro atoms. The number of rotatable bonds is 8. The lowest BCUT2D eigenvalue weighted by molar-refractivity contribution is -0.127. The van der Waals surface area contributed by atoms with E-state index < -0.39 is 5.54 Å². The number of nitrogens with one attached hydrogen (secondary N) is 2. The molecule has 3 aliphatic rings. The Bertz CT molecular complexity index is 1380.